The molecule has 4 fully saturated rings. The average Bonchev–Trinajstić information content (AvgIpc) is 3.08. The fourth-order valence-electron chi connectivity index (χ4n) is 6.33. The van der Waals surface area contributed by atoms with Crippen molar-refractivity contribution in [3.63, 3.8) is 0 Å². The maximum absolute atomic E-state index is 12.2. The third kappa shape index (κ3) is 11.1. The van der Waals surface area contributed by atoms with Gasteiger partial charge in [-0.2, -0.15) is 0 Å². The standard InChI is InChI=1S/C20H28N4O4.C15H20N4O2.ClH/c1-20(2,3)28-19(27)24-10-8-13(9-11-24)15-5-4-14(12-21-15)22-16-6-7-17(25)23-18(16)26;20-14-4-3-13(15(21)19-14)18-11-1-2-12(17-9-11)10-5-7-16-8-6-10;/h4-5,12-13,16,22H,6-11H2,1-3H3,(H,23,25,26);1-2,9-10,13,16,18H,3-8H2,(H,19,20,21);1H. The number of ether oxygens (including phenoxy) is 1. The summed E-state index contributed by atoms with van der Waals surface area (Å²) in [5.74, 6) is -0.158. The summed E-state index contributed by atoms with van der Waals surface area (Å²) in [7, 11) is 0. The number of imide groups is 2. The van der Waals surface area contributed by atoms with Crippen molar-refractivity contribution in [2.75, 3.05) is 36.8 Å². The number of hydrogen-bond acceptors (Lipinski definition) is 11. The molecule has 0 radical (unpaired) electrons. The molecule has 5 N–H and O–H groups in total. The van der Waals surface area contributed by atoms with Gasteiger partial charge in [-0.15, -0.1) is 12.4 Å². The summed E-state index contributed by atoms with van der Waals surface area (Å²) in [5, 5.41) is 14.3. The molecule has 0 aromatic carbocycles. The van der Waals surface area contributed by atoms with E-state index in [4.69, 9.17) is 4.74 Å². The predicted molar refractivity (Wildman–Crippen MR) is 190 cm³/mol. The van der Waals surface area contributed by atoms with Crippen LogP contribution < -0.4 is 26.6 Å². The summed E-state index contributed by atoms with van der Waals surface area (Å²) in [6.07, 6.45) is 8.88. The van der Waals surface area contributed by atoms with Crippen molar-refractivity contribution in [2.45, 2.75) is 102 Å². The van der Waals surface area contributed by atoms with Crippen LogP contribution in [0.3, 0.4) is 0 Å². The molecule has 0 bridgehead atoms. The van der Waals surface area contributed by atoms with Crippen molar-refractivity contribution in [3.8, 4) is 0 Å². The fraction of sp³-hybridized carbons (Fsp3) is 0.571. The number of nitrogens with zero attached hydrogens (tertiary/aromatic N) is 3. The minimum absolute atomic E-state index is 0. The lowest BCUT2D eigenvalue weighted by Crippen LogP contribution is -2.47. The summed E-state index contributed by atoms with van der Waals surface area (Å²) in [5.41, 5.74) is 3.19. The van der Waals surface area contributed by atoms with E-state index in [2.05, 4.69) is 36.6 Å². The molecule has 0 aliphatic carbocycles. The van der Waals surface area contributed by atoms with Gasteiger partial charge in [0.15, 0.2) is 0 Å². The first-order valence-corrected chi connectivity index (χ1v) is 17.2. The molecule has 272 valence electrons. The number of anilines is 2. The Kier molecular flexibility index (Phi) is 13.5. The van der Waals surface area contributed by atoms with E-state index in [1.807, 2.05) is 45.0 Å². The van der Waals surface area contributed by atoms with Gasteiger partial charge in [0.25, 0.3) is 0 Å². The van der Waals surface area contributed by atoms with Gasteiger partial charge < -0.3 is 25.6 Å². The van der Waals surface area contributed by atoms with Gasteiger partial charge in [0.1, 0.15) is 17.7 Å². The number of likely N-dealkylation sites (tertiary alicyclic amines) is 1. The largest absolute Gasteiger partial charge is 0.444 e. The normalized spacial score (nSPS) is 21.9. The molecule has 4 aliphatic heterocycles. The Morgan fingerprint density at radius 3 is 1.60 bits per heavy atom. The zero-order chi connectivity index (χ0) is 35.0. The highest BCUT2D eigenvalue weighted by Crippen LogP contribution is 2.29. The Labute approximate surface area is 299 Å². The van der Waals surface area contributed by atoms with Gasteiger partial charge in [0, 0.05) is 49.2 Å². The number of aromatic nitrogens is 2. The molecule has 0 saturated carbocycles. The lowest BCUT2D eigenvalue weighted by atomic mass is 9.93. The molecule has 2 atom stereocenters. The minimum atomic E-state index is -0.485. The van der Waals surface area contributed by atoms with E-state index in [9.17, 15) is 24.0 Å². The zero-order valence-electron chi connectivity index (χ0n) is 29.0. The lowest BCUT2D eigenvalue weighted by Gasteiger charge is -2.33. The topological polar surface area (TPSA) is 184 Å². The first kappa shape index (κ1) is 38.5. The van der Waals surface area contributed by atoms with Crippen LogP contribution in [-0.2, 0) is 23.9 Å². The highest BCUT2D eigenvalue weighted by Gasteiger charge is 2.30. The number of rotatable bonds is 6. The number of pyridine rings is 2. The van der Waals surface area contributed by atoms with Crippen molar-refractivity contribution in [3.05, 3.63) is 48.0 Å². The minimum Gasteiger partial charge on any atom is -0.444 e. The molecule has 4 saturated heterocycles. The SMILES string of the molecule is CC(C)(C)OC(=O)N1CCC(c2ccc(NC3CCC(=O)NC3=O)cn2)CC1.Cl.O=C1CCC(Nc2ccc(C3CCNCC3)nc2)C(=O)N1. The molecule has 2 aromatic heterocycles. The van der Waals surface area contributed by atoms with E-state index in [1.54, 1.807) is 17.3 Å². The Hall–Kier alpha value is -4.30. The second-order valence-corrected chi connectivity index (χ2v) is 14.0. The number of piperidine rings is 4. The van der Waals surface area contributed by atoms with Crippen LogP contribution in [0.4, 0.5) is 16.2 Å². The monoisotopic (exact) mass is 712 g/mol. The number of carbonyl (C=O) groups is 5. The number of halogens is 1. The van der Waals surface area contributed by atoms with Gasteiger partial charge >= 0.3 is 6.09 Å². The molecule has 14 nitrogen and oxygen atoms in total. The molecular weight excluding hydrogens is 664 g/mol. The smallest absolute Gasteiger partial charge is 0.410 e. The van der Waals surface area contributed by atoms with Gasteiger partial charge in [-0.25, -0.2) is 4.79 Å². The molecule has 15 heteroatoms. The molecular formula is C35H49ClN8O6. The average molecular weight is 713 g/mol. The summed E-state index contributed by atoms with van der Waals surface area (Å²) in [4.78, 5) is 68.8. The van der Waals surface area contributed by atoms with Crippen LogP contribution in [0.15, 0.2) is 36.7 Å². The third-order valence-corrected chi connectivity index (χ3v) is 9.06. The summed E-state index contributed by atoms with van der Waals surface area (Å²) in [6.45, 7) is 8.99. The summed E-state index contributed by atoms with van der Waals surface area (Å²) >= 11 is 0. The van der Waals surface area contributed by atoms with Gasteiger partial charge in [-0.05, 0) is 96.7 Å². The fourth-order valence-corrected chi connectivity index (χ4v) is 6.33. The maximum atomic E-state index is 12.2. The van der Waals surface area contributed by atoms with E-state index in [1.165, 1.54) is 0 Å². The second-order valence-electron chi connectivity index (χ2n) is 14.0. The van der Waals surface area contributed by atoms with Gasteiger partial charge in [0.2, 0.25) is 23.6 Å². The predicted octanol–water partition coefficient (Wildman–Crippen LogP) is 3.60. The van der Waals surface area contributed by atoms with Crippen LogP contribution in [0, 0.1) is 0 Å². The Morgan fingerprint density at radius 2 is 1.20 bits per heavy atom. The molecule has 0 spiro atoms. The van der Waals surface area contributed by atoms with Crippen LogP contribution in [0.5, 0.6) is 0 Å². The second kappa shape index (κ2) is 17.6. The lowest BCUT2D eigenvalue weighted by molar-refractivity contribution is -0.135. The van der Waals surface area contributed by atoms with Crippen LogP contribution in [-0.4, -0.2) is 88.5 Å². The van der Waals surface area contributed by atoms with E-state index in [-0.39, 0.29) is 48.2 Å². The number of carbonyl (C=O) groups excluding carboxylic acids is 5. The zero-order valence-corrected chi connectivity index (χ0v) is 29.8. The summed E-state index contributed by atoms with van der Waals surface area (Å²) in [6, 6.07) is 7.10. The van der Waals surface area contributed by atoms with Crippen LogP contribution in [0.2, 0.25) is 0 Å². The molecule has 2 aromatic rings. The molecule has 2 unspecified atom stereocenters. The summed E-state index contributed by atoms with van der Waals surface area (Å²) < 4.78 is 5.43. The van der Waals surface area contributed by atoms with E-state index in [0.717, 1.165) is 61.5 Å². The van der Waals surface area contributed by atoms with Crippen LogP contribution in [0.25, 0.3) is 0 Å². The van der Waals surface area contributed by atoms with E-state index >= 15 is 0 Å². The van der Waals surface area contributed by atoms with Crippen molar-refractivity contribution in [2.24, 2.45) is 0 Å². The molecule has 6 rings (SSSR count). The van der Waals surface area contributed by atoms with Gasteiger partial charge in [-0.3, -0.25) is 39.8 Å². The van der Waals surface area contributed by atoms with E-state index < -0.39 is 11.6 Å². The van der Waals surface area contributed by atoms with Crippen molar-refractivity contribution in [1.82, 2.24) is 30.8 Å². The third-order valence-electron chi connectivity index (χ3n) is 9.06. The van der Waals surface area contributed by atoms with E-state index in [0.29, 0.717) is 50.6 Å². The first-order chi connectivity index (χ1) is 23.4. The Morgan fingerprint density at radius 1 is 0.740 bits per heavy atom. The molecule has 4 aliphatic rings. The number of nitrogens with one attached hydrogen (secondary N) is 5. The Bertz CT molecular complexity index is 1490. The Balaban J connectivity index is 0.000000229. The van der Waals surface area contributed by atoms with Crippen molar-refractivity contribution < 1.29 is 28.7 Å². The first-order valence-electron chi connectivity index (χ1n) is 17.2. The molecule has 5 amide bonds. The quantitative estimate of drug-likeness (QED) is 0.276. The maximum Gasteiger partial charge on any atom is 0.410 e. The number of hydrogen-bond donors (Lipinski definition) is 5. The van der Waals surface area contributed by atoms with Gasteiger partial charge in [-0.1, -0.05) is 0 Å². The van der Waals surface area contributed by atoms with Crippen LogP contribution >= 0.6 is 12.4 Å². The highest BCUT2D eigenvalue weighted by atomic mass is 35.5. The molecule has 6 heterocycles. The van der Waals surface area contributed by atoms with Crippen molar-refractivity contribution in [1.29, 1.82) is 0 Å². The highest BCUT2D eigenvalue weighted by molar-refractivity contribution is 6.02. The number of amides is 5. The van der Waals surface area contributed by atoms with Crippen molar-refractivity contribution >= 4 is 53.5 Å². The van der Waals surface area contributed by atoms with Crippen LogP contribution in [0.1, 0.15) is 95.4 Å². The molecule has 50 heavy (non-hydrogen) atoms. The van der Waals surface area contributed by atoms with Gasteiger partial charge in [0.05, 0.1) is 23.8 Å².